The Balaban J connectivity index is 2.58. The van der Waals surface area contributed by atoms with Crippen molar-refractivity contribution in [3.05, 3.63) is 60.2 Å². The molecule has 0 aliphatic carbocycles. The number of rotatable bonds is 11. The van der Waals surface area contributed by atoms with Gasteiger partial charge in [0.1, 0.15) is 11.6 Å². The first-order chi connectivity index (χ1) is 18.8. The van der Waals surface area contributed by atoms with Crippen LogP contribution in [0.3, 0.4) is 0 Å². The van der Waals surface area contributed by atoms with Crippen molar-refractivity contribution in [2.75, 3.05) is 10.6 Å². The number of hydrogen-bond donors (Lipinski definition) is 2. The number of nitrogens with one attached hydrogen (secondary N) is 2. The van der Waals surface area contributed by atoms with Gasteiger partial charge in [-0.3, -0.25) is 28.8 Å². The van der Waals surface area contributed by atoms with E-state index in [1.165, 1.54) is 24.3 Å². The van der Waals surface area contributed by atoms with Gasteiger partial charge in [0, 0.05) is 39.1 Å². The molecule has 0 heterocycles. The van der Waals surface area contributed by atoms with Crippen molar-refractivity contribution in [3.63, 3.8) is 0 Å². The number of hydrogen-bond acceptors (Lipinski definition) is 10. The topological polar surface area (TPSA) is 163 Å². The lowest BCUT2D eigenvalue weighted by molar-refractivity contribution is -0.198. The molecule has 0 spiro atoms. The number of anilines is 2. The van der Waals surface area contributed by atoms with Gasteiger partial charge in [-0.25, -0.2) is 8.78 Å². The molecule has 214 valence electrons. The van der Waals surface area contributed by atoms with Gasteiger partial charge in [-0.1, -0.05) is 0 Å². The van der Waals surface area contributed by atoms with E-state index in [-0.39, 0.29) is 11.4 Å². The molecule has 40 heavy (non-hydrogen) atoms. The number of benzene rings is 2. The van der Waals surface area contributed by atoms with E-state index in [0.717, 1.165) is 52.0 Å². The molecule has 0 bridgehead atoms. The molecule has 2 N–H and O–H groups in total. The van der Waals surface area contributed by atoms with E-state index < -0.39 is 71.7 Å². The van der Waals surface area contributed by atoms with Crippen LogP contribution in [0, 0.1) is 11.6 Å². The van der Waals surface area contributed by atoms with Gasteiger partial charge < -0.3 is 29.6 Å². The SMILES string of the molecule is CC(=O)O[C@H]([C@H](OC(C)=O)[C@H](OC(C)=O)C(=O)Nc1ccc(F)cc1)[C@H](OC(C)=O)C(=O)Nc1ccc(F)cc1. The minimum atomic E-state index is -2.08. The summed E-state index contributed by atoms with van der Waals surface area (Å²) in [4.78, 5) is 74.5. The molecule has 2 amide bonds. The lowest BCUT2D eigenvalue weighted by Gasteiger charge is -2.34. The number of esters is 4. The molecule has 2 aromatic carbocycles. The van der Waals surface area contributed by atoms with Crippen LogP contribution in [0.25, 0.3) is 0 Å². The highest BCUT2D eigenvalue weighted by atomic mass is 19.1. The standard InChI is InChI=1S/C26H26F2N2O10/c1-13(31)37-21(23(39-15(3)33)25(35)29-19-9-5-17(27)6-10-19)22(38-14(2)32)24(40-16(4)34)26(36)30-20-11-7-18(28)8-12-20/h5-12,21-24H,1-4H3,(H,29,35)(H,30,36)/t21-,22+,23-,24-/m0/s1. The molecule has 0 fully saturated rings. The van der Waals surface area contributed by atoms with E-state index in [1.54, 1.807) is 0 Å². The Bertz CT molecular complexity index is 1150. The maximum atomic E-state index is 13.3. The predicted molar refractivity (Wildman–Crippen MR) is 132 cm³/mol. The molecule has 4 atom stereocenters. The van der Waals surface area contributed by atoms with Gasteiger partial charge in [0.25, 0.3) is 11.8 Å². The van der Waals surface area contributed by atoms with Gasteiger partial charge in [-0.15, -0.1) is 0 Å². The van der Waals surface area contributed by atoms with Gasteiger partial charge in [-0.05, 0) is 48.5 Å². The summed E-state index contributed by atoms with van der Waals surface area (Å²) in [7, 11) is 0. The van der Waals surface area contributed by atoms with Gasteiger partial charge >= 0.3 is 23.9 Å². The molecule has 0 aromatic heterocycles. The average Bonchev–Trinajstić information content (AvgIpc) is 2.85. The minimum Gasteiger partial charge on any atom is -0.454 e. The number of carbonyl (C=O) groups is 6. The van der Waals surface area contributed by atoms with Crippen LogP contribution in [0.15, 0.2) is 48.5 Å². The average molecular weight is 564 g/mol. The highest BCUT2D eigenvalue weighted by Gasteiger charge is 2.49. The van der Waals surface area contributed by atoms with Gasteiger partial charge in [0.05, 0.1) is 0 Å². The number of halogens is 2. The third-order valence-corrected chi connectivity index (χ3v) is 4.85. The summed E-state index contributed by atoms with van der Waals surface area (Å²) in [6, 6.07) is 8.83. The number of amides is 2. The van der Waals surface area contributed by atoms with Crippen LogP contribution in [-0.4, -0.2) is 60.1 Å². The predicted octanol–water partition coefficient (Wildman–Crippen LogP) is 2.27. The first-order valence-corrected chi connectivity index (χ1v) is 11.6. The minimum absolute atomic E-state index is 0.0414. The van der Waals surface area contributed by atoms with Gasteiger partial charge in [0.2, 0.25) is 12.2 Å². The first-order valence-electron chi connectivity index (χ1n) is 11.6. The molecule has 0 radical (unpaired) electrons. The zero-order valence-electron chi connectivity index (χ0n) is 21.8. The zero-order valence-corrected chi connectivity index (χ0v) is 21.8. The van der Waals surface area contributed by atoms with Crippen LogP contribution in [0.2, 0.25) is 0 Å². The van der Waals surface area contributed by atoms with Crippen molar-refractivity contribution in [2.45, 2.75) is 52.1 Å². The second kappa shape index (κ2) is 14.3. The summed E-state index contributed by atoms with van der Waals surface area (Å²) in [6.45, 7) is 3.68. The number of carbonyl (C=O) groups excluding carboxylic acids is 6. The van der Waals surface area contributed by atoms with Crippen LogP contribution < -0.4 is 10.6 Å². The zero-order chi connectivity index (χ0) is 30.0. The second-order valence-electron chi connectivity index (χ2n) is 8.20. The summed E-state index contributed by atoms with van der Waals surface area (Å²) < 4.78 is 47.2. The summed E-state index contributed by atoms with van der Waals surface area (Å²) in [6.07, 6.45) is -8.25. The monoisotopic (exact) mass is 564 g/mol. The van der Waals surface area contributed by atoms with Crippen molar-refractivity contribution >= 4 is 47.1 Å². The fourth-order valence-corrected chi connectivity index (χ4v) is 3.38. The van der Waals surface area contributed by atoms with Crippen molar-refractivity contribution in [1.82, 2.24) is 0 Å². The van der Waals surface area contributed by atoms with Crippen LogP contribution >= 0.6 is 0 Å². The van der Waals surface area contributed by atoms with Crippen molar-refractivity contribution < 1.29 is 56.5 Å². The van der Waals surface area contributed by atoms with E-state index in [2.05, 4.69) is 10.6 Å². The summed E-state index contributed by atoms with van der Waals surface area (Å²) in [5.41, 5.74) is 0.0829. The third kappa shape index (κ3) is 9.78. The smallest absolute Gasteiger partial charge is 0.303 e. The molecular weight excluding hydrogens is 538 g/mol. The first kappa shape index (κ1) is 31.3. The lowest BCUT2D eigenvalue weighted by Crippen LogP contribution is -2.57. The Morgan fingerprint density at radius 3 is 1.05 bits per heavy atom. The lowest BCUT2D eigenvalue weighted by atomic mass is 10.00. The highest BCUT2D eigenvalue weighted by molar-refractivity contribution is 5.98. The van der Waals surface area contributed by atoms with E-state index >= 15 is 0 Å². The normalized spacial score (nSPS) is 13.4. The maximum absolute atomic E-state index is 13.3. The highest BCUT2D eigenvalue weighted by Crippen LogP contribution is 2.23. The quantitative estimate of drug-likeness (QED) is 0.306. The maximum Gasteiger partial charge on any atom is 0.303 e. The van der Waals surface area contributed by atoms with E-state index in [0.29, 0.717) is 0 Å². The Kier molecular flexibility index (Phi) is 11.2. The van der Waals surface area contributed by atoms with Crippen molar-refractivity contribution in [1.29, 1.82) is 0 Å². The molecule has 0 unspecified atom stereocenters. The molecular formula is C26H26F2N2O10. The Morgan fingerprint density at radius 2 is 0.800 bits per heavy atom. The second-order valence-corrected chi connectivity index (χ2v) is 8.20. The largest absolute Gasteiger partial charge is 0.454 e. The van der Waals surface area contributed by atoms with Crippen molar-refractivity contribution in [2.24, 2.45) is 0 Å². The van der Waals surface area contributed by atoms with Crippen LogP contribution in [-0.2, 0) is 47.7 Å². The Morgan fingerprint density at radius 1 is 0.525 bits per heavy atom. The van der Waals surface area contributed by atoms with Gasteiger partial charge in [-0.2, -0.15) is 0 Å². The van der Waals surface area contributed by atoms with Crippen LogP contribution in [0.4, 0.5) is 20.2 Å². The van der Waals surface area contributed by atoms with Gasteiger partial charge in [0.15, 0.2) is 12.2 Å². The summed E-state index contributed by atoms with van der Waals surface area (Å²) in [5.74, 6) is -7.70. The Labute approximate surface area is 226 Å². The van der Waals surface area contributed by atoms with E-state index in [1.807, 2.05) is 0 Å². The molecule has 0 saturated heterocycles. The molecule has 2 rings (SSSR count). The molecule has 2 aromatic rings. The summed E-state index contributed by atoms with van der Waals surface area (Å²) >= 11 is 0. The number of ether oxygens (including phenoxy) is 4. The molecule has 0 saturated carbocycles. The molecule has 0 aliphatic heterocycles. The summed E-state index contributed by atoms with van der Waals surface area (Å²) in [5, 5.41) is 4.66. The fourth-order valence-electron chi connectivity index (χ4n) is 3.38. The fraction of sp³-hybridized carbons (Fsp3) is 0.308. The van der Waals surface area contributed by atoms with E-state index in [4.69, 9.17) is 18.9 Å². The van der Waals surface area contributed by atoms with Crippen molar-refractivity contribution in [3.8, 4) is 0 Å². The van der Waals surface area contributed by atoms with Crippen LogP contribution in [0.1, 0.15) is 27.7 Å². The van der Waals surface area contributed by atoms with Crippen LogP contribution in [0.5, 0.6) is 0 Å². The molecule has 14 heteroatoms. The molecule has 0 aliphatic rings. The van der Waals surface area contributed by atoms with E-state index in [9.17, 15) is 37.5 Å². The third-order valence-electron chi connectivity index (χ3n) is 4.85. The Hall–Kier alpha value is -4.88. The molecule has 12 nitrogen and oxygen atoms in total.